The first kappa shape index (κ1) is 20.5. The van der Waals surface area contributed by atoms with E-state index in [-0.39, 0.29) is 11.8 Å². The lowest BCUT2D eigenvalue weighted by Crippen LogP contribution is -2.45. The Labute approximate surface area is 169 Å². The average molecular weight is 405 g/mol. The molecule has 2 aromatic heterocycles. The largest absolute Gasteiger partial charge is 0.361 e. The molecule has 2 amide bonds. The second kappa shape index (κ2) is 8.05. The molecular formula is C20H28N4O3S. The lowest BCUT2D eigenvalue weighted by Gasteiger charge is -2.29. The molecule has 1 aliphatic heterocycles. The summed E-state index contributed by atoms with van der Waals surface area (Å²) in [5, 5.41) is 5.98. The van der Waals surface area contributed by atoms with E-state index < -0.39 is 6.04 Å². The van der Waals surface area contributed by atoms with Crippen molar-refractivity contribution in [3.63, 3.8) is 0 Å². The fourth-order valence-electron chi connectivity index (χ4n) is 3.55. The van der Waals surface area contributed by atoms with Crippen LogP contribution >= 0.6 is 11.3 Å². The maximum atomic E-state index is 13.0. The Hall–Kier alpha value is -2.19. The highest BCUT2D eigenvalue weighted by atomic mass is 32.1. The minimum Gasteiger partial charge on any atom is -0.361 e. The molecule has 0 N–H and O–H groups in total. The molecule has 152 valence electrons. The highest BCUT2D eigenvalue weighted by Gasteiger charge is 2.30. The van der Waals surface area contributed by atoms with Gasteiger partial charge in [0.2, 0.25) is 5.91 Å². The fraction of sp³-hybridized carbons (Fsp3) is 0.550. The van der Waals surface area contributed by atoms with Gasteiger partial charge >= 0.3 is 0 Å². The Bertz CT molecular complexity index is 867. The molecule has 0 aromatic carbocycles. The predicted octanol–water partition coefficient (Wildman–Crippen LogP) is 2.46. The highest BCUT2D eigenvalue weighted by Crippen LogP contribution is 2.31. The zero-order chi connectivity index (χ0) is 20.6. The third-order valence-corrected chi connectivity index (χ3v) is 6.53. The maximum absolute atomic E-state index is 13.0. The summed E-state index contributed by atoms with van der Waals surface area (Å²) in [6, 6.07) is -0.488. The number of hydrogen-bond acceptors (Lipinski definition) is 6. The van der Waals surface area contributed by atoms with E-state index in [1.165, 1.54) is 9.78 Å². The SMILES string of the molecule is Cc1noc(C)c1CN1CCc2c(C(=O)N(C)[C@@H](C)C(=O)N(C)C)csc2C1. The number of hydrogen-bond donors (Lipinski definition) is 0. The number of nitrogens with zero attached hydrogens (tertiary/aromatic N) is 4. The summed E-state index contributed by atoms with van der Waals surface area (Å²) in [5.74, 6) is 0.705. The molecule has 3 rings (SSSR count). The molecule has 0 bridgehead atoms. The van der Waals surface area contributed by atoms with E-state index in [1.807, 2.05) is 19.2 Å². The van der Waals surface area contributed by atoms with Crippen LogP contribution < -0.4 is 0 Å². The van der Waals surface area contributed by atoms with E-state index in [0.717, 1.165) is 54.2 Å². The number of rotatable bonds is 5. The Morgan fingerprint density at radius 1 is 1.32 bits per heavy atom. The zero-order valence-corrected chi connectivity index (χ0v) is 18.2. The number of fused-ring (bicyclic) bond motifs is 1. The summed E-state index contributed by atoms with van der Waals surface area (Å²) in [4.78, 5) is 31.9. The number of likely N-dealkylation sites (N-methyl/N-ethyl adjacent to an activating group) is 2. The van der Waals surface area contributed by atoms with Crippen LogP contribution in [0.4, 0.5) is 0 Å². The molecule has 0 saturated carbocycles. The van der Waals surface area contributed by atoms with E-state index in [2.05, 4.69) is 10.1 Å². The van der Waals surface area contributed by atoms with E-state index in [4.69, 9.17) is 4.52 Å². The second-order valence-electron chi connectivity index (χ2n) is 7.64. The van der Waals surface area contributed by atoms with Crippen LogP contribution in [0, 0.1) is 13.8 Å². The first-order valence-corrected chi connectivity index (χ1v) is 10.3. The van der Waals surface area contributed by atoms with E-state index in [1.54, 1.807) is 44.3 Å². The highest BCUT2D eigenvalue weighted by molar-refractivity contribution is 7.10. The van der Waals surface area contributed by atoms with E-state index >= 15 is 0 Å². The molecule has 1 atom stereocenters. The Balaban J connectivity index is 1.72. The summed E-state index contributed by atoms with van der Waals surface area (Å²) in [5.41, 5.74) is 3.94. The van der Waals surface area contributed by atoms with Crippen molar-refractivity contribution in [1.82, 2.24) is 19.9 Å². The van der Waals surface area contributed by atoms with Crippen LogP contribution in [0.1, 0.15) is 44.7 Å². The average Bonchev–Trinajstić information content (AvgIpc) is 3.23. The van der Waals surface area contributed by atoms with Gasteiger partial charge in [0.05, 0.1) is 11.3 Å². The molecule has 1 aliphatic rings. The van der Waals surface area contributed by atoms with E-state index in [0.29, 0.717) is 0 Å². The lowest BCUT2D eigenvalue weighted by molar-refractivity contribution is -0.132. The number of aromatic nitrogens is 1. The molecule has 0 aliphatic carbocycles. The number of amides is 2. The van der Waals surface area contributed by atoms with Gasteiger partial charge in [-0.1, -0.05) is 5.16 Å². The van der Waals surface area contributed by atoms with Crippen LogP contribution in [0.25, 0.3) is 0 Å². The minimum atomic E-state index is -0.488. The Morgan fingerprint density at radius 2 is 2.04 bits per heavy atom. The summed E-state index contributed by atoms with van der Waals surface area (Å²) < 4.78 is 5.27. The summed E-state index contributed by atoms with van der Waals surface area (Å²) in [7, 11) is 5.11. The normalized spacial score (nSPS) is 15.2. The van der Waals surface area contributed by atoms with Gasteiger partial charge in [0.25, 0.3) is 5.91 Å². The molecule has 3 heterocycles. The molecule has 0 radical (unpaired) electrons. The van der Waals surface area contributed by atoms with Gasteiger partial charge in [-0.3, -0.25) is 14.5 Å². The minimum absolute atomic E-state index is 0.0782. The molecule has 0 spiro atoms. The van der Waals surface area contributed by atoms with Crippen molar-refractivity contribution in [1.29, 1.82) is 0 Å². The van der Waals surface area contributed by atoms with Gasteiger partial charge in [-0.05, 0) is 32.8 Å². The molecule has 2 aromatic rings. The monoisotopic (exact) mass is 404 g/mol. The first-order chi connectivity index (χ1) is 13.2. The summed E-state index contributed by atoms with van der Waals surface area (Å²) >= 11 is 1.63. The summed E-state index contributed by atoms with van der Waals surface area (Å²) in [6.45, 7) is 8.17. The van der Waals surface area contributed by atoms with Crippen LogP contribution in [0.5, 0.6) is 0 Å². The lowest BCUT2D eigenvalue weighted by atomic mass is 10.0. The summed E-state index contributed by atoms with van der Waals surface area (Å²) in [6.07, 6.45) is 0.827. The fourth-order valence-corrected chi connectivity index (χ4v) is 4.67. The van der Waals surface area contributed by atoms with Crippen molar-refractivity contribution in [3.8, 4) is 0 Å². The quantitative estimate of drug-likeness (QED) is 0.766. The van der Waals surface area contributed by atoms with Crippen molar-refractivity contribution in [2.24, 2.45) is 0 Å². The standard InChI is InChI=1S/C20H28N4O3S/c1-12-16(14(3)27-21-12)9-24-8-7-15-17(11-28-18(15)10-24)20(26)23(6)13(2)19(25)22(4)5/h11,13H,7-10H2,1-6H3/t13-/m0/s1. The Morgan fingerprint density at radius 3 is 2.64 bits per heavy atom. The molecular weight excluding hydrogens is 376 g/mol. The van der Waals surface area contributed by atoms with Crippen molar-refractivity contribution in [2.75, 3.05) is 27.7 Å². The molecule has 0 unspecified atom stereocenters. The molecule has 0 saturated heterocycles. The zero-order valence-electron chi connectivity index (χ0n) is 17.4. The Kier molecular flexibility index (Phi) is 5.90. The van der Waals surface area contributed by atoms with Gasteiger partial charge in [0, 0.05) is 56.6 Å². The van der Waals surface area contributed by atoms with Gasteiger partial charge in [0.1, 0.15) is 11.8 Å². The van der Waals surface area contributed by atoms with Crippen LogP contribution in [0.2, 0.25) is 0 Å². The van der Waals surface area contributed by atoms with Crippen LogP contribution in [0.15, 0.2) is 9.90 Å². The second-order valence-corrected chi connectivity index (χ2v) is 8.60. The number of carbonyl (C=O) groups excluding carboxylic acids is 2. The van der Waals surface area contributed by atoms with Crippen LogP contribution in [0.3, 0.4) is 0 Å². The van der Waals surface area contributed by atoms with Crippen LogP contribution in [-0.2, 0) is 24.3 Å². The number of aryl methyl sites for hydroxylation is 2. The van der Waals surface area contributed by atoms with Crippen LogP contribution in [-0.4, -0.2) is 65.4 Å². The van der Waals surface area contributed by atoms with E-state index in [9.17, 15) is 9.59 Å². The third kappa shape index (κ3) is 3.84. The predicted molar refractivity (Wildman–Crippen MR) is 108 cm³/mol. The van der Waals surface area contributed by atoms with Gasteiger partial charge < -0.3 is 14.3 Å². The first-order valence-electron chi connectivity index (χ1n) is 9.42. The number of carbonyl (C=O) groups is 2. The molecule has 8 heteroatoms. The smallest absolute Gasteiger partial charge is 0.255 e. The molecule has 28 heavy (non-hydrogen) atoms. The molecule has 0 fully saturated rings. The van der Waals surface area contributed by atoms with Crippen molar-refractivity contribution < 1.29 is 14.1 Å². The third-order valence-electron chi connectivity index (χ3n) is 5.52. The maximum Gasteiger partial charge on any atom is 0.255 e. The van der Waals surface area contributed by atoms with Gasteiger partial charge in [-0.25, -0.2) is 0 Å². The van der Waals surface area contributed by atoms with Gasteiger partial charge in [0.15, 0.2) is 0 Å². The molecule has 7 nitrogen and oxygen atoms in total. The van der Waals surface area contributed by atoms with Crippen molar-refractivity contribution in [2.45, 2.75) is 46.3 Å². The van der Waals surface area contributed by atoms with Gasteiger partial charge in [-0.2, -0.15) is 0 Å². The van der Waals surface area contributed by atoms with Crippen molar-refractivity contribution in [3.05, 3.63) is 38.4 Å². The van der Waals surface area contributed by atoms with Crippen molar-refractivity contribution >= 4 is 23.2 Å². The number of thiophene rings is 1. The topological polar surface area (TPSA) is 69.9 Å². The van der Waals surface area contributed by atoms with Gasteiger partial charge in [-0.15, -0.1) is 11.3 Å².